The van der Waals surface area contributed by atoms with Crippen molar-refractivity contribution in [1.29, 1.82) is 5.26 Å². The zero-order valence-corrected chi connectivity index (χ0v) is 8.42. The second kappa shape index (κ2) is 4.74. The van der Waals surface area contributed by atoms with Crippen LogP contribution in [0.3, 0.4) is 0 Å². The molecular formula is C7H5Cl2N5. The molecule has 0 saturated carbocycles. The Morgan fingerprint density at radius 2 is 1.93 bits per heavy atom. The molecule has 0 spiro atoms. The van der Waals surface area contributed by atoms with Crippen LogP contribution in [0.1, 0.15) is 0 Å². The Kier molecular flexibility index (Phi) is 3.63. The van der Waals surface area contributed by atoms with Crippen LogP contribution in [0, 0.1) is 11.3 Å². The summed E-state index contributed by atoms with van der Waals surface area (Å²) in [5.74, 6) is 0.140. The zero-order chi connectivity index (χ0) is 10.6. The van der Waals surface area contributed by atoms with E-state index in [0.717, 1.165) is 0 Å². The van der Waals surface area contributed by atoms with Gasteiger partial charge >= 0.3 is 0 Å². The summed E-state index contributed by atoms with van der Waals surface area (Å²) < 4.78 is 0. The first kappa shape index (κ1) is 10.7. The summed E-state index contributed by atoms with van der Waals surface area (Å²) in [5.41, 5.74) is 0. The van der Waals surface area contributed by atoms with E-state index in [-0.39, 0.29) is 16.5 Å². The average Bonchev–Trinajstić information content (AvgIpc) is 2.12. The molecule has 5 nitrogen and oxygen atoms in total. The van der Waals surface area contributed by atoms with Crippen LogP contribution in [-0.2, 0) is 0 Å². The number of halogens is 2. The third-order valence-corrected chi connectivity index (χ3v) is 1.58. The second-order valence-electron chi connectivity index (χ2n) is 2.18. The van der Waals surface area contributed by atoms with Crippen LogP contribution in [0.4, 0.5) is 5.95 Å². The van der Waals surface area contributed by atoms with Crippen LogP contribution in [0.25, 0.3) is 0 Å². The minimum Gasteiger partial charge on any atom is -0.335 e. The van der Waals surface area contributed by atoms with Crippen molar-refractivity contribution in [2.75, 3.05) is 5.32 Å². The fraction of sp³-hybridized carbons (Fsp3) is 0.143. The van der Waals surface area contributed by atoms with Gasteiger partial charge in [0, 0.05) is 0 Å². The fourth-order valence-corrected chi connectivity index (χ4v) is 1.04. The van der Waals surface area contributed by atoms with Gasteiger partial charge in [-0.05, 0) is 23.2 Å². The summed E-state index contributed by atoms with van der Waals surface area (Å²) in [5, 5.41) is 11.2. The van der Waals surface area contributed by atoms with Crippen LogP contribution in [0.5, 0.6) is 0 Å². The van der Waals surface area contributed by atoms with Gasteiger partial charge in [0.25, 0.3) is 0 Å². The Morgan fingerprint density at radius 3 is 2.36 bits per heavy atom. The highest BCUT2D eigenvalue weighted by molar-refractivity contribution is 6.31. The van der Waals surface area contributed by atoms with Crippen LogP contribution in [-0.4, -0.2) is 21.0 Å². The monoisotopic (exact) mass is 229 g/mol. The molecule has 0 bridgehead atoms. The van der Waals surface area contributed by atoms with Crippen LogP contribution < -0.4 is 5.32 Å². The predicted molar refractivity (Wildman–Crippen MR) is 53.1 cm³/mol. The van der Waals surface area contributed by atoms with E-state index in [4.69, 9.17) is 28.5 Å². The zero-order valence-electron chi connectivity index (χ0n) is 6.91. The molecule has 1 aromatic rings. The van der Waals surface area contributed by atoms with Crippen molar-refractivity contribution in [2.24, 2.45) is 0 Å². The molecule has 0 aromatic carbocycles. The molecule has 14 heavy (non-hydrogen) atoms. The lowest BCUT2D eigenvalue weighted by Gasteiger charge is -2.05. The largest absolute Gasteiger partial charge is 0.335 e. The van der Waals surface area contributed by atoms with Gasteiger partial charge < -0.3 is 5.32 Å². The van der Waals surface area contributed by atoms with Crippen LogP contribution >= 0.6 is 23.2 Å². The second-order valence-corrected chi connectivity index (χ2v) is 2.86. The summed E-state index contributed by atoms with van der Waals surface area (Å²) in [6.07, 6.45) is 1.41. The Morgan fingerprint density at radius 1 is 1.36 bits per heavy atom. The van der Waals surface area contributed by atoms with Crippen molar-refractivity contribution in [3.8, 4) is 6.07 Å². The molecule has 0 amide bonds. The van der Waals surface area contributed by atoms with E-state index in [1.807, 2.05) is 6.07 Å². The van der Waals surface area contributed by atoms with Gasteiger partial charge in [-0.3, -0.25) is 0 Å². The van der Waals surface area contributed by atoms with Gasteiger partial charge in [-0.2, -0.15) is 20.2 Å². The number of anilines is 1. The molecular weight excluding hydrogens is 225 g/mol. The summed E-state index contributed by atoms with van der Waals surface area (Å²) >= 11 is 11.0. The normalized spacial score (nSPS) is 11.5. The smallest absolute Gasteiger partial charge is 0.229 e. The number of rotatable bonds is 3. The number of nitrogens with zero attached hydrogens (tertiary/aromatic N) is 4. The Balaban J connectivity index is 2.87. The Labute approximate surface area is 90.4 Å². The van der Waals surface area contributed by atoms with Gasteiger partial charge in [-0.15, -0.1) is 0 Å². The van der Waals surface area contributed by atoms with Crippen LogP contribution in [0.2, 0.25) is 10.6 Å². The minimum absolute atomic E-state index is 0.0340. The molecule has 1 N–H and O–H groups in total. The maximum absolute atomic E-state index is 8.61. The van der Waals surface area contributed by atoms with Crippen molar-refractivity contribution in [3.05, 3.63) is 23.2 Å². The number of hydrogen-bond donors (Lipinski definition) is 1. The van der Waals surface area contributed by atoms with E-state index >= 15 is 0 Å². The molecule has 1 atom stereocenters. The number of nitrogens with one attached hydrogen (secondary N) is 1. The highest BCUT2D eigenvalue weighted by Crippen LogP contribution is 2.10. The lowest BCUT2D eigenvalue weighted by atomic mass is 10.3. The molecule has 0 radical (unpaired) electrons. The molecule has 1 heterocycles. The van der Waals surface area contributed by atoms with Gasteiger partial charge in [-0.25, -0.2) is 0 Å². The summed E-state index contributed by atoms with van der Waals surface area (Å²) in [6.45, 7) is 3.45. The number of nitriles is 1. The maximum atomic E-state index is 8.61. The third kappa shape index (κ3) is 2.83. The SMILES string of the molecule is C=CC(C#N)Nc1nc(Cl)nc(Cl)n1. The maximum Gasteiger partial charge on any atom is 0.229 e. The minimum atomic E-state index is -0.593. The summed E-state index contributed by atoms with van der Waals surface area (Å²) in [6, 6.07) is 1.33. The quantitative estimate of drug-likeness (QED) is 0.799. The first-order valence-corrected chi connectivity index (χ1v) is 4.27. The molecule has 0 saturated heterocycles. The van der Waals surface area contributed by atoms with E-state index < -0.39 is 6.04 Å². The lowest BCUT2D eigenvalue weighted by Crippen LogP contribution is -2.16. The van der Waals surface area contributed by atoms with Crippen LogP contribution in [0.15, 0.2) is 12.7 Å². The molecule has 0 aliphatic heterocycles. The van der Waals surface area contributed by atoms with E-state index in [0.29, 0.717) is 0 Å². The topological polar surface area (TPSA) is 74.5 Å². The number of aromatic nitrogens is 3. The summed E-state index contributed by atoms with van der Waals surface area (Å²) in [4.78, 5) is 11.0. The third-order valence-electron chi connectivity index (χ3n) is 1.24. The van der Waals surface area contributed by atoms with Crippen molar-refractivity contribution in [2.45, 2.75) is 6.04 Å². The van der Waals surface area contributed by atoms with E-state index in [2.05, 4.69) is 26.8 Å². The van der Waals surface area contributed by atoms with Gasteiger partial charge in [-0.1, -0.05) is 12.7 Å². The van der Waals surface area contributed by atoms with Gasteiger partial charge in [0.15, 0.2) is 0 Å². The van der Waals surface area contributed by atoms with Crippen molar-refractivity contribution in [3.63, 3.8) is 0 Å². The average molecular weight is 230 g/mol. The fourth-order valence-electron chi connectivity index (χ4n) is 0.673. The molecule has 72 valence electrons. The summed E-state index contributed by atoms with van der Waals surface area (Å²) in [7, 11) is 0. The molecule has 0 aliphatic carbocycles. The molecule has 0 aliphatic rings. The molecule has 1 unspecified atom stereocenters. The molecule has 7 heteroatoms. The predicted octanol–water partition coefficient (Wildman–Crippen LogP) is 1.67. The van der Waals surface area contributed by atoms with Gasteiger partial charge in [0.2, 0.25) is 16.5 Å². The van der Waals surface area contributed by atoms with E-state index in [1.165, 1.54) is 6.08 Å². The highest BCUT2D eigenvalue weighted by Gasteiger charge is 2.06. The Hall–Kier alpha value is -1.38. The van der Waals surface area contributed by atoms with Gasteiger partial charge in [0.05, 0.1) is 6.07 Å². The Bertz CT molecular complexity index is 366. The number of hydrogen-bond acceptors (Lipinski definition) is 5. The van der Waals surface area contributed by atoms with Crippen molar-refractivity contribution < 1.29 is 0 Å². The lowest BCUT2D eigenvalue weighted by molar-refractivity contribution is 0.994. The van der Waals surface area contributed by atoms with Crippen molar-refractivity contribution >= 4 is 29.2 Å². The molecule has 0 fully saturated rings. The standard InChI is InChI=1S/C7H5Cl2N5/c1-2-4(3-10)11-7-13-5(8)12-6(9)14-7/h2,4H,1H2,(H,11,12,13,14). The molecule has 1 rings (SSSR count). The van der Waals surface area contributed by atoms with E-state index in [9.17, 15) is 0 Å². The first-order valence-electron chi connectivity index (χ1n) is 3.51. The van der Waals surface area contributed by atoms with E-state index in [1.54, 1.807) is 0 Å². The first-order chi connectivity index (χ1) is 6.65. The highest BCUT2D eigenvalue weighted by atomic mass is 35.5. The van der Waals surface area contributed by atoms with Gasteiger partial charge in [0.1, 0.15) is 6.04 Å². The molecule has 1 aromatic heterocycles. The van der Waals surface area contributed by atoms with Crippen molar-refractivity contribution in [1.82, 2.24) is 15.0 Å².